The van der Waals surface area contributed by atoms with Gasteiger partial charge in [0, 0.05) is 11.6 Å². The molecular weight excluding hydrogens is 298 g/mol. The fraction of sp³-hybridized carbons (Fsp3) is 0. The van der Waals surface area contributed by atoms with Crippen LogP contribution in [0, 0.1) is 10.1 Å². The van der Waals surface area contributed by atoms with Crippen LogP contribution in [0.2, 0.25) is 5.02 Å². The molecule has 0 radical (unpaired) electrons. The van der Waals surface area contributed by atoms with Crippen LogP contribution in [0.1, 0.15) is 5.56 Å². The molecule has 0 unspecified atom stereocenters. The number of non-ortho nitro benzene ring substituents is 1. The van der Waals surface area contributed by atoms with Crippen LogP contribution in [0.4, 0.5) is 5.69 Å². The molecule has 0 heterocycles. The normalized spacial score (nSPS) is 11.2. The highest BCUT2D eigenvalue weighted by atomic mass is 35.5. The first-order chi connectivity index (χ1) is 10.0. The largest absolute Gasteiger partial charge is 0.456 e. The Balaban J connectivity index is 2.26. The van der Waals surface area contributed by atoms with Gasteiger partial charge in [0.05, 0.1) is 16.0 Å². The Morgan fingerprint density at radius 3 is 2.52 bits per heavy atom. The quantitative estimate of drug-likeness (QED) is 0.296. The zero-order valence-corrected chi connectivity index (χ0v) is 11.3. The van der Waals surface area contributed by atoms with Gasteiger partial charge in [-0.3, -0.25) is 10.1 Å². The maximum atomic E-state index is 10.7. The molecule has 0 aliphatic carbocycles. The Labute approximate surface area is 124 Å². The average molecular weight is 308 g/mol. The molecular formula is C13H10ClN3O4. The number of oxime groups is 1. The monoisotopic (exact) mass is 307 g/mol. The predicted octanol–water partition coefficient (Wildman–Crippen LogP) is 3.14. The fourth-order valence-electron chi connectivity index (χ4n) is 1.56. The number of halogens is 1. The number of benzene rings is 2. The van der Waals surface area contributed by atoms with Gasteiger partial charge in [0.2, 0.25) is 0 Å². The van der Waals surface area contributed by atoms with Gasteiger partial charge in [0.15, 0.2) is 11.6 Å². The Hall–Kier alpha value is -2.80. The van der Waals surface area contributed by atoms with Crippen LogP contribution < -0.4 is 10.5 Å². The molecule has 21 heavy (non-hydrogen) atoms. The van der Waals surface area contributed by atoms with Gasteiger partial charge < -0.3 is 15.7 Å². The molecule has 0 bridgehead atoms. The predicted molar refractivity (Wildman–Crippen MR) is 77.1 cm³/mol. The molecule has 0 saturated heterocycles. The lowest BCUT2D eigenvalue weighted by Crippen LogP contribution is -2.12. The summed E-state index contributed by atoms with van der Waals surface area (Å²) in [5.41, 5.74) is 5.82. The maximum Gasteiger partial charge on any atom is 0.273 e. The third-order valence-corrected chi connectivity index (χ3v) is 2.92. The van der Waals surface area contributed by atoms with E-state index in [0.29, 0.717) is 11.3 Å². The average Bonchev–Trinajstić information content (AvgIpc) is 2.49. The standard InChI is InChI=1S/C13H10ClN3O4/c14-11-6-3-9(17(19)20)7-12(11)21-10-4-1-8(2-5-10)13(15)16-18/h1-7,18H,(H2,15,16). The summed E-state index contributed by atoms with van der Waals surface area (Å²) in [6.07, 6.45) is 0. The highest BCUT2D eigenvalue weighted by Gasteiger charge is 2.11. The number of nitro groups is 1. The zero-order chi connectivity index (χ0) is 15.4. The SMILES string of the molecule is NC(=NO)c1ccc(Oc2cc([N+](=O)[O-])ccc2Cl)cc1. The van der Waals surface area contributed by atoms with Crippen LogP contribution in [0.5, 0.6) is 11.5 Å². The van der Waals surface area contributed by atoms with Crippen molar-refractivity contribution in [3.8, 4) is 11.5 Å². The third kappa shape index (κ3) is 3.40. The highest BCUT2D eigenvalue weighted by Crippen LogP contribution is 2.32. The van der Waals surface area contributed by atoms with Crippen molar-refractivity contribution in [2.75, 3.05) is 0 Å². The minimum absolute atomic E-state index is 0.0325. The van der Waals surface area contributed by atoms with Gasteiger partial charge in [-0.25, -0.2) is 0 Å². The number of nitrogens with zero attached hydrogens (tertiary/aromatic N) is 2. The van der Waals surface area contributed by atoms with Gasteiger partial charge in [-0.2, -0.15) is 0 Å². The van der Waals surface area contributed by atoms with E-state index in [1.54, 1.807) is 24.3 Å². The smallest absolute Gasteiger partial charge is 0.273 e. The van der Waals surface area contributed by atoms with E-state index < -0.39 is 4.92 Å². The van der Waals surface area contributed by atoms with E-state index in [0.717, 1.165) is 0 Å². The molecule has 108 valence electrons. The fourth-order valence-corrected chi connectivity index (χ4v) is 1.72. The molecule has 3 N–H and O–H groups in total. The van der Waals surface area contributed by atoms with Crippen LogP contribution in [0.3, 0.4) is 0 Å². The van der Waals surface area contributed by atoms with Gasteiger partial charge in [0.1, 0.15) is 5.75 Å². The molecule has 8 heteroatoms. The van der Waals surface area contributed by atoms with Crippen LogP contribution in [0.15, 0.2) is 47.6 Å². The van der Waals surface area contributed by atoms with Gasteiger partial charge in [0.25, 0.3) is 5.69 Å². The number of hydrogen-bond donors (Lipinski definition) is 2. The van der Waals surface area contributed by atoms with Crippen molar-refractivity contribution < 1.29 is 14.9 Å². The minimum Gasteiger partial charge on any atom is -0.456 e. The first-order valence-electron chi connectivity index (χ1n) is 5.71. The molecule has 0 saturated carbocycles. The van der Waals surface area contributed by atoms with Crippen molar-refractivity contribution in [3.05, 3.63) is 63.2 Å². The lowest BCUT2D eigenvalue weighted by Gasteiger charge is -2.08. The second-order valence-corrected chi connectivity index (χ2v) is 4.39. The summed E-state index contributed by atoms with van der Waals surface area (Å²) in [5.74, 6) is 0.546. The van der Waals surface area contributed by atoms with Gasteiger partial charge in [-0.05, 0) is 30.3 Å². The van der Waals surface area contributed by atoms with Crippen molar-refractivity contribution in [3.63, 3.8) is 0 Å². The molecule has 0 aromatic heterocycles. The van der Waals surface area contributed by atoms with E-state index >= 15 is 0 Å². The summed E-state index contributed by atoms with van der Waals surface area (Å²) in [6, 6.07) is 10.2. The molecule has 2 aromatic rings. The number of rotatable bonds is 4. The van der Waals surface area contributed by atoms with Crippen molar-refractivity contribution in [2.45, 2.75) is 0 Å². The zero-order valence-electron chi connectivity index (χ0n) is 10.6. The van der Waals surface area contributed by atoms with E-state index in [2.05, 4.69) is 5.16 Å². The number of nitrogens with two attached hydrogens (primary N) is 1. The molecule has 2 aromatic carbocycles. The number of nitro benzene ring substituents is 1. The van der Waals surface area contributed by atoms with Gasteiger partial charge >= 0.3 is 0 Å². The number of ether oxygens (including phenoxy) is 1. The summed E-state index contributed by atoms with van der Waals surface area (Å²) in [7, 11) is 0. The third-order valence-electron chi connectivity index (χ3n) is 2.61. The maximum absolute atomic E-state index is 10.7. The van der Waals surface area contributed by atoms with Gasteiger partial charge in [-0.1, -0.05) is 16.8 Å². The van der Waals surface area contributed by atoms with Crippen molar-refractivity contribution in [2.24, 2.45) is 10.9 Å². The number of amidine groups is 1. The molecule has 0 spiro atoms. The summed E-state index contributed by atoms with van der Waals surface area (Å²) >= 11 is 5.94. The molecule has 0 amide bonds. The molecule has 0 aliphatic rings. The summed E-state index contributed by atoms with van der Waals surface area (Å²) < 4.78 is 5.49. The van der Waals surface area contributed by atoms with E-state index in [-0.39, 0.29) is 22.3 Å². The summed E-state index contributed by atoms with van der Waals surface area (Å²) in [5, 5.41) is 22.4. The van der Waals surface area contributed by atoms with E-state index in [4.69, 9.17) is 27.3 Å². The van der Waals surface area contributed by atoms with Crippen molar-refractivity contribution >= 4 is 23.1 Å². The molecule has 0 atom stereocenters. The minimum atomic E-state index is -0.537. The van der Waals surface area contributed by atoms with Gasteiger partial charge in [-0.15, -0.1) is 0 Å². The van der Waals surface area contributed by atoms with Crippen LogP contribution in [-0.2, 0) is 0 Å². The lowest BCUT2D eigenvalue weighted by atomic mass is 10.2. The van der Waals surface area contributed by atoms with Crippen LogP contribution in [0.25, 0.3) is 0 Å². The van der Waals surface area contributed by atoms with Crippen molar-refractivity contribution in [1.82, 2.24) is 0 Å². The molecule has 0 fully saturated rings. The van der Waals surface area contributed by atoms with E-state index in [1.165, 1.54) is 18.2 Å². The van der Waals surface area contributed by atoms with E-state index in [9.17, 15) is 10.1 Å². The first kappa shape index (κ1) is 14.6. The Kier molecular flexibility index (Phi) is 4.24. The van der Waals surface area contributed by atoms with Crippen LogP contribution in [-0.4, -0.2) is 16.0 Å². The summed E-state index contributed by atoms with van der Waals surface area (Å²) in [6.45, 7) is 0. The second kappa shape index (κ2) is 6.10. The van der Waals surface area contributed by atoms with Crippen molar-refractivity contribution in [1.29, 1.82) is 0 Å². The molecule has 2 rings (SSSR count). The van der Waals surface area contributed by atoms with E-state index in [1.807, 2.05) is 0 Å². The lowest BCUT2D eigenvalue weighted by molar-refractivity contribution is -0.384. The molecule has 7 nitrogen and oxygen atoms in total. The molecule has 0 aliphatic heterocycles. The Morgan fingerprint density at radius 1 is 1.29 bits per heavy atom. The summed E-state index contributed by atoms with van der Waals surface area (Å²) in [4.78, 5) is 10.2. The second-order valence-electron chi connectivity index (χ2n) is 3.98. The highest BCUT2D eigenvalue weighted by molar-refractivity contribution is 6.32. The number of hydrogen-bond acceptors (Lipinski definition) is 5. The Bertz CT molecular complexity index is 701. The van der Waals surface area contributed by atoms with Crippen LogP contribution >= 0.6 is 11.6 Å². The topological polar surface area (TPSA) is 111 Å². The Morgan fingerprint density at radius 2 is 1.95 bits per heavy atom. The first-order valence-corrected chi connectivity index (χ1v) is 6.09.